The van der Waals surface area contributed by atoms with E-state index in [0.29, 0.717) is 10.9 Å². The molecule has 4 nitrogen and oxygen atoms in total. The van der Waals surface area contributed by atoms with E-state index in [0.717, 1.165) is 18.8 Å². The second-order valence-electron chi connectivity index (χ2n) is 5.30. The molecule has 0 aliphatic carbocycles. The number of rotatable bonds is 5. The molecule has 1 unspecified atom stereocenters. The lowest BCUT2D eigenvalue weighted by atomic mass is 10.0. The van der Waals surface area contributed by atoms with Crippen LogP contribution in [0.3, 0.4) is 0 Å². The largest absolute Gasteiger partial charge is 0.367 e. The number of hydrogen-bond acceptors (Lipinski definition) is 4. The van der Waals surface area contributed by atoms with Gasteiger partial charge in [-0.3, -0.25) is 0 Å². The first-order valence-electron chi connectivity index (χ1n) is 7.32. The van der Waals surface area contributed by atoms with Crippen LogP contribution < -0.4 is 10.2 Å². The van der Waals surface area contributed by atoms with Crippen LogP contribution in [0.4, 0.5) is 5.69 Å². The Kier molecular flexibility index (Phi) is 5.05. The Morgan fingerprint density at radius 3 is 2.55 bits per heavy atom. The van der Waals surface area contributed by atoms with Gasteiger partial charge in [-0.2, -0.15) is 0 Å². The normalized spacial score (nSPS) is 20.1. The summed E-state index contributed by atoms with van der Waals surface area (Å²) in [6, 6.07) is 7.85. The zero-order valence-electron chi connectivity index (χ0n) is 12.3. The Morgan fingerprint density at radius 2 is 1.95 bits per heavy atom. The number of nitrogens with zero attached hydrogens (tertiary/aromatic N) is 1. The molecule has 0 aromatic heterocycles. The predicted molar refractivity (Wildman–Crippen MR) is 83.1 cm³/mol. The van der Waals surface area contributed by atoms with Crippen molar-refractivity contribution in [2.24, 2.45) is 0 Å². The average molecular weight is 296 g/mol. The third-order valence-corrected chi connectivity index (χ3v) is 5.72. The maximum absolute atomic E-state index is 11.8. The summed E-state index contributed by atoms with van der Waals surface area (Å²) in [6.07, 6.45) is 3.66. The van der Waals surface area contributed by atoms with E-state index in [4.69, 9.17) is 0 Å². The standard InChI is InChI=1S/C15H24N2O2S/c1-3-20(18,19)15-9-7-13(8-10-15)17-11-5-4-6-14(17)12-16-2/h7-10,14,16H,3-6,11-12H2,1-2H3. The number of benzene rings is 1. The van der Waals surface area contributed by atoms with Gasteiger partial charge in [-0.15, -0.1) is 0 Å². The van der Waals surface area contributed by atoms with E-state index in [-0.39, 0.29) is 5.75 Å². The number of hydrogen-bond donors (Lipinski definition) is 1. The van der Waals surface area contributed by atoms with E-state index >= 15 is 0 Å². The fourth-order valence-electron chi connectivity index (χ4n) is 2.80. The second kappa shape index (κ2) is 6.59. The van der Waals surface area contributed by atoms with Crippen molar-refractivity contribution in [3.05, 3.63) is 24.3 Å². The van der Waals surface area contributed by atoms with Crippen LogP contribution in [-0.2, 0) is 9.84 Å². The van der Waals surface area contributed by atoms with Crippen molar-refractivity contribution in [2.75, 3.05) is 30.8 Å². The molecule has 1 heterocycles. The molecule has 1 fully saturated rings. The Hall–Kier alpha value is -1.07. The summed E-state index contributed by atoms with van der Waals surface area (Å²) < 4.78 is 23.7. The van der Waals surface area contributed by atoms with Crippen LogP contribution in [0.25, 0.3) is 0 Å². The first-order valence-corrected chi connectivity index (χ1v) is 8.97. The molecule has 1 aromatic carbocycles. The average Bonchev–Trinajstić information content (AvgIpc) is 2.48. The summed E-state index contributed by atoms with van der Waals surface area (Å²) in [6.45, 7) is 3.69. The zero-order chi connectivity index (χ0) is 14.6. The lowest BCUT2D eigenvalue weighted by molar-refractivity contribution is 0.446. The van der Waals surface area contributed by atoms with Crippen molar-refractivity contribution in [2.45, 2.75) is 37.1 Å². The van der Waals surface area contributed by atoms with Crippen LogP contribution in [-0.4, -0.2) is 40.3 Å². The van der Waals surface area contributed by atoms with E-state index in [9.17, 15) is 8.42 Å². The van der Waals surface area contributed by atoms with Crippen LogP contribution >= 0.6 is 0 Å². The molecule has 1 aromatic rings. The maximum atomic E-state index is 11.8. The molecule has 0 radical (unpaired) electrons. The molecule has 0 saturated carbocycles. The fourth-order valence-corrected chi connectivity index (χ4v) is 3.68. The minimum absolute atomic E-state index is 0.151. The van der Waals surface area contributed by atoms with Crippen LogP contribution in [0.5, 0.6) is 0 Å². The van der Waals surface area contributed by atoms with E-state index in [1.54, 1.807) is 19.1 Å². The Labute approximate surface area is 122 Å². The minimum atomic E-state index is -3.10. The van der Waals surface area contributed by atoms with E-state index in [1.165, 1.54) is 19.3 Å². The fraction of sp³-hybridized carbons (Fsp3) is 0.600. The molecule has 0 spiro atoms. The molecular formula is C15H24N2O2S. The van der Waals surface area contributed by atoms with Gasteiger partial charge in [-0.1, -0.05) is 6.92 Å². The number of nitrogens with one attached hydrogen (secondary N) is 1. The van der Waals surface area contributed by atoms with Gasteiger partial charge in [0, 0.05) is 24.8 Å². The quantitative estimate of drug-likeness (QED) is 0.903. The van der Waals surface area contributed by atoms with Gasteiger partial charge in [0.05, 0.1) is 10.6 Å². The number of sulfone groups is 1. The van der Waals surface area contributed by atoms with Crippen LogP contribution in [0.2, 0.25) is 0 Å². The van der Waals surface area contributed by atoms with Gasteiger partial charge in [-0.05, 0) is 50.6 Å². The number of anilines is 1. The Balaban J connectivity index is 2.20. The number of piperidine rings is 1. The van der Waals surface area contributed by atoms with Gasteiger partial charge in [0.2, 0.25) is 0 Å². The summed E-state index contributed by atoms with van der Waals surface area (Å²) >= 11 is 0. The molecule has 1 aliphatic rings. The van der Waals surface area contributed by atoms with Gasteiger partial charge >= 0.3 is 0 Å². The molecule has 1 atom stereocenters. The van der Waals surface area contributed by atoms with Crippen LogP contribution in [0, 0.1) is 0 Å². The molecule has 20 heavy (non-hydrogen) atoms. The van der Waals surface area contributed by atoms with Gasteiger partial charge in [0.15, 0.2) is 9.84 Å². The van der Waals surface area contributed by atoms with Crippen molar-refractivity contribution in [3.8, 4) is 0 Å². The van der Waals surface area contributed by atoms with E-state index in [2.05, 4.69) is 10.2 Å². The van der Waals surface area contributed by atoms with Crippen molar-refractivity contribution >= 4 is 15.5 Å². The van der Waals surface area contributed by atoms with E-state index < -0.39 is 9.84 Å². The van der Waals surface area contributed by atoms with Gasteiger partial charge in [0.25, 0.3) is 0 Å². The van der Waals surface area contributed by atoms with Crippen molar-refractivity contribution in [1.29, 1.82) is 0 Å². The highest BCUT2D eigenvalue weighted by molar-refractivity contribution is 7.91. The monoisotopic (exact) mass is 296 g/mol. The molecule has 1 saturated heterocycles. The number of likely N-dealkylation sites (N-methyl/N-ethyl adjacent to an activating group) is 1. The lowest BCUT2D eigenvalue weighted by Crippen LogP contribution is -2.45. The summed E-state index contributed by atoms with van der Waals surface area (Å²) in [5, 5.41) is 3.24. The molecule has 5 heteroatoms. The smallest absolute Gasteiger partial charge is 0.178 e. The SMILES string of the molecule is CCS(=O)(=O)c1ccc(N2CCCCC2CNC)cc1. The zero-order valence-corrected chi connectivity index (χ0v) is 13.1. The Morgan fingerprint density at radius 1 is 1.25 bits per heavy atom. The molecule has 1 N–H and O–H groups in total. The molecular weight excluding hydrogens is 272 g/mol. The van der Waals surface area contributed by atoms with Crippen LogP contribution in [0.1, 0.15) is 26.2 Å². The highest BCUT2D eigenvalue weighted by Gasteiger charge is 2.22. The third kappa shape index (κ3) is 3.33. The maximum Gasteiger partial charge on any atom is 0.178 e. The van der Waals surface area contributed by atoms with Gasteiger partial charge < -0.3 is 10.2 Å². The van der Waals surface area contributed by atoms with Crippen molar-refractivity contribution in [3.63, 3.8) is 0 Å². The molecule has 2 rings (SSSR count). The van der Waals surface area contributed by atoms with Crippen LogP contribution in [0.15, 0.2) is 29.2 Å². The van der Waals surface area contributed by atoms with Gasteiger partial charge in [-0.25, -0.2) is 8.42 Å². The van der Waals surface area contributed by atoms with Crippen molar-refractivity contribution < 1.29 is 8.42 Å². The first-order chi connectivity index (χ1) is 9.58. The molecule has 1 aliphatic heterocycles. The van der Waals surface area contributed by atoms with Crippen molar-refractivity contribution in [1.82, 2.24) is 5.32 Å². The topological polar surface area (TPSA) is 49.4 Å². The summed E-state index contributed by atoms with van der Waals surface area (Å²) in [5.74, 6) is 0.151. The second-order valence-corrected chi connectivity index (χ2v) is 7.58. The molecule has 0 bridgehead atoms. The summed E-state index contributed by atoms with van der Waals surface area (Å²) in [7, 11) is -1.12. The van der Waals surface area contributed by atoms with Gasteiger partial charge in [0.1, 0.15) is 0 Å². The highest BCUT2D eigenvalue weighted by atomic mass is 32.2. The molecule has 112 valence electrons. The highest BCUT2D eigenvalue weighted by Crippen LogP contribution is 2.26. The third-order valence-electron chi connectivity index (χ3n) is 3.97. The minimum Gasteiger partial charge on any atom is -0.367 e. The summed E-state index contributed by atoms with van der Waals surface area (Å²) in [5.41, 5.74) is 1.13. The summed E-state index contributed by atoms with van der Waals surface area (Å²) in [4.78, 5) is 2.81. The lowest BCUT2D eigenvalue weighted by Gasteiger charge is -2.37. The van der Waals surface area contributed by atoms with E-state index in [1.807, 2.05) is 19.2 Å². The Bertz CT molecular complexity index is 523. The predicted octanol–water partition coefficient (Wildman–Crippen LogP) is 2.06. The molecule has 0 amide bonds. The first kappa shape index (κ1) is 15.3.